The molecule has 1 unspecified atom stereocenters. The van der Waals surface area contributed by atoms with E-state index in [-0.39, 0.29) is 24.5 Å². The molecule has 34 heavy (non-hydrogen) atoms. The lowest BCUT2D eigenvalue weighted by Gasteiger charge is -2.34. The smallest absolute Gasteiger partial charge is 0.244 e. The molecule has 1 saturated carbocycles. The first-order valence-corrected chi connectivity index (χ1v) is 13.8. The third kappa shape index (κ3) is 5.72. The van der Waals surface area contributed by atoms with E-state index in [4.69, 9.17) is 0 Å². The first-order chi connectivity index (χ1) is 15.9. The second-order valence-corrected chi connectivity index (χ2v) is 12.0. The number of sulfonamides is 1. The van der Waals surface area contributed by atoms with Crippen LogP contribution in [-0.4, -0.2) is 31.2 Å². The van der Waals surface area contributed by atoms with Crippen LogP contribution in [0.3, 0.4) is 0 Å². The topological polar surface area (TPSA) is 66.5 Å². The van der Waals surface area contributed by atoms with Crippen LogP contribution in [0.5, 0.6) is 0 Å². The summed E-state index contributed by atoms with van der Waals surface area (Å²) in [6.45, 7) is 13.7. The summed E-state index contributed by atoms with van der Waals surface area (Å²) in [5.41, 5.74) is 7.09. The van der Waals surface area contributed by atoms with Gasteiger partial charge in [-0.3, -0.25) is 4.79 Å². The number of rotatable bonds is 7. The molecule has 3 rings (SSSR count). The second-order valence-electron chi connectivity index (χ2n) is 10.2. The Bertz CT molecular complexity index is 1140. The van der Waals surface area contributed by atoms with Gasteiger partial charge in [-0.2, -0.15) is 4.31 Å². The number of amides is 1. The molecule has 0 saturated heterocycles. The Morgan fingerprint density at radius 3 is 2.03 bits per heavy atom. The zero-order valence-electron chi connectivity index (χ0n) is 21.8. The first kappa shape index (κ1) is 26.4. The first-order valence-electron chi connectivity index (χ1n) is 12.4. The van der Waals surface area contributed by atoms with E-state index in [1.165, 1.54) is 15.4 Å². The number of nitrogens with zero attached hydrogens (tertiary/aromatic N) is 1. The SMILES string of the molecule is Cc1cc(C)c(S(=O)(=O)N(CC(=O)NC(C)c2cc(C)c(C)cc2C)C2CCCCC2)c(C)c1. The van der Waals surface area contributed by atoms with Gasteiger partial charge in [0.1, 0.15) is 0 Å². The van der Waals surface area contributed by atoms with Crippen molar-refractivity contribution in [1.29, 1.82) is 0 Å². The molecule has 0 aromatic heterocycles. The Morgan fingerprint density at radius 2 is 1.44 bits per heavy atom. The van der Waals surface area contributed by atoms with Gasteiger partial charge in [0.05, 0.1) is 17.5 Å². The maximum Gasteiger partial charge on any atom is 0.244 e. The maximum atomic E-state index is 14.0. The van der Waals surface area contributed by atoms with Crippen molar-refractivity contribution in [2.75, 3.05) is 6.54 Å². The average molecular weight is 485 g/mol. The molecule has 0 radical (unpaired) electrons. The molecule has 186 valence electrons. The summed E-state index contributed by atoms with van der Waals surface area (Å²) < 4.78 is 29.4. The van der Waals surface area contributed by atoms with Crippen molar-refractivity contribution in [2.45, 2.75) is 97.5 Å². The minimum Gasteiger partial charge on any atom is -0.348 e. The van der Waals surface area contributed by atoms with Gasteiger partial charge in [-0.25, -0.2) is 8.42 Å². The van der Waals surface area contributed by atoms with Gasteiger partial charge in [-0.1, -0.05) is 49.1 Å². The van der Waals surface area contributed by atoms with Crippen LogP contribution in [0.4, 0.5) is 0 Å². The van der Waals surface area contributed by atoms with Gasteiger partial charge in [-0.15, -0.1) is 0 Å². The molecule has 6 heteroatoms. The average Bonchev–Trinajstić information content (AvgIpc) is 2.74. The summed E-state index contributed by atoms with van der Waals surface area (Å²) in [4.78, 5) is 13.6. The van der Waals surface area contributed by atoms with Crippen LogP contribution < -0.4 is 5.32 Å². The van der Waals surface area contributed by atoms with Crippen LogP contribution in [-0.2, 0) is 14.8 Å². The fourth-order valence-electron chi connectivity index (χ4n) is 5.43. The standard InChI is InChI=1S/C28H40N2O3S/c1-18-13-22(5)28(23(6)14-18)34(32,33)30(25-11-9-8-10-12-25)17-27(31)29-24(7)26-16-20(3)19(2)15-21(26)4/h13-16,24-25H,8-12,17H2,1-7H3,(H,29,31). The van der Waals surface area contributed by atoms with E-state index in [0.717, 1.165) is 59.9 Å². The maximum absolute atomic E-state index is 14.0. The Labute approximate surface area is 206 Å². The van der Waals surface area contributed by atoms with Crippen molar-refractivity contribution in [2.24, 2.45) is 0 Å². The van der Waals surface area contributed by atoms with E-state index in [0.29, 0.717) is 4.90 Å². The molecular weight excluding hydrogens is 444 g/mol. The zero-order valence-corrected chi connectivity index (χ0v) is 22.6. The van der Waals surface area contributed by atoms with Crippen molar-refractivity contribution >= 4 is 15.9 Å². The van der Waals surface area contributed by atoms with E-state index >= 15 is 0 Å². The van der Waals surface area contributed by atoms with Gasteiger partial charge >= 0.3 is 0 Å². The number of benzene rings is 2. The Balaban J connectivity index is 1.90. The quantitative estimate of drug-likeness (QED) is 0.545. The lowest BCUT2D eigenvalue weighted by molar-refractivity contribution is -0.122. The summed E-state index contributed by atoms with van der Waals surface area (Å²) in [6.07, 6.45) is 4.68. The van der Waals surface area contributed by atoms with Crippen LogP contribution >= 0.6 is 0 Å². The van der Waals surface area contributed by atoms with Crippen LogP contribution in [0.2, 0.25) is 0 Å². The minimum atomic E-state index is -3.82. The van der Waals surface area contributed by atoms with E-state index in [9.17, 15) is 13.2 Å². The van der Waals surface area contributed by atoms with E-state index in [2.05, 4.69) is 31.3 Å². The molecule has 0 spiro atoms. The lowest BCUT2D eigenvalue weighted by Crippen LogP contribution is -2.47. The highest BCUT2D eigenvalue weighted by atomic mass is 32.2. The third-order valence-corrected chi connectivity index (χ3v) is 9.38. The molecule has 1 N–H and O–H groups in total. The molecule has 1 aliphatic rings. The molecule has 5 nitrogen and oxygen atoms in total. The number of aryl methyl sites for hydroxylation is 6. The molecule has 1 fully saturated rings. The van der Waals surface area contributed by atoms with Gasteiger partial charge in [0.2, 0.25) is 15.9 Å². The predicted molar refractivity (Wildman–Crippen MR) is 139 cm³/mol. The molecular formula is C28H40N2O3S. The fraction of sp³-hybridized carbons (Fsp3) is 0.536. The molecule has 0 bridgehead atoms. The molecule has 0 aliphatic heterocycles. The Morgan fingerprint density at radius 1 is 0.882 bits per heavy atom. The highest BCUT2D eigenvalue weighted by molar-refractivity contribution is 7.89. The van der Waals surface area contributed by atoms with Crippen molar-refractivity contribution in [3.63, 3.8) is 0 Å². The number of carbonyl (C=O) groups excluding carboxylic acids is 1. The second kappa shape index (κ2) is 10.6. The van der Waals surface area contributed by atoms with Gasteiger partial charge in [-0.05, 0) is 94.7 Å². The lowest BCUT2D eigenvalue weighted by atomic mass is 9.95. The number of hydrogen-bond acceptors (Lipinski definition) is 3. The molecule has 1 amide bonds. The van der Waals surface area contributed by atoms with Crippen molar-refractivity contribution < 1.29 is 13.2 Å². The number of carbonyl (C=O) groups is 1. The monoisotopic (exact) mass is 484 g/mol. The van der Waals surface area contributed by atoms with Crippen LogP contribution in [0.1, 0.15) is 84.0 Å². The summed E-state index contributed by atoms with van der Waals surface area (Å²) in [7, 11) is -3.82. The van der Waals surface area contributed by atoms with Crippen LogP contribution in [0.25, 0.3) is 0 Å². The highest BCUT2D eigenvalue weighted by Crippen LogP contribution is 2.31. The van der Waals surface area contributed by atoms with E-state index in [1.54, 1.807) is 0 Å². The third-order valence-electron chi connectivity index (χ3n) is 7.18. The number of hydrogen-bond donors (Lipinski definition) is 1. The largest absolute Gasteiger partial charge is 0.348 e. The van der Waals surface area contributed by atoms with Crippen molar-refractivity contribution in [3.05, 3.63) is 63.2 Å². The Kier molecular flexibility index (Phi) is 8.25. The highest BCUT2D eigenvalue weighted by Gasteiger charge is 2.36. The molecule has 2 aromatic carbocycles. The fourth-order valence-corrected chi connectivity index (χ4v) is 7.48. The normalized spacial score (nSPS) is 16.0. The zero-order chi connectivity index (χ0) is 25.2. The molecule has 1 aliphatic carbocycles. The summed E-state index contributed by atoms with van der Waals surface area (Å²) in [5.74, 6) is -0.262. The summed E-state index contributed by atoms with van der Waals surface area (Å²) in [6, 6.07) is 7.71. The van der Waals surface area contributed by atoms with Crippen LogP contribution in [0, 0.1) is 41.5 Å². The van der Waals surface area contributed by atoms with Gasteiger partial charge in [0, 0.05) is 6.04 Å². The Hall–Kier alpha value is -2.18. The van der Waals surface area contributed by atoms with Gasteiger partial charge < -0.3 is 5.32 Å². The summed E-state index contributed by atoms with van der Waals surface area (Å²) >= 11 is 0. The molecule has 2 aromatic rings. The summed E-state index contributed by atoms with van der Waals surface area (Å²) in [5, 5.41) is 3.07. The van der Waals surface area contributed by atoms with Crippen molar-refractivity contribution in [1.82, 2.24) is 9.62 Å². The van der Waals surface area contributed by atoms with E-state index in [1.807, 2.05) is 46.8 Å². The molecule has 1 atom stereocenters. The van der Waals surface area contributed by atoms with Gasteiger partial charge in [0.25, 0.3) is 0 Å². The molecule has 0 heterocycles. The van der Waals surface area contributed by atoms with Crippen molar-refractivity contribution in [3.8, 4) is 0 Å². The van der Waals surface area contributed by atoms with E-state index < -0.39 is 10.0 Å². The van der Waals surface area contributed by atoms with Crippen LogP contribution in [0.15, 0.2) is 29.2 Å². The van der Waals surface area contributed by atoms with Gasteiger partial charge in [0.15, 0.2) is 0 Å². The predicted octanol–water partition coefficient (Wildman–Crippen LogP) is 5.74. The minimum absolute atomic E-state index is 0.150. The number of nitrogens with one attached hydrogen (secondary N) is 1.